The van der Waals surface area contributed by atoms with Crippen LogP contribution in [0.3, 0.4) is 0 Å². The maximum absolute atomic E-state index is 13.4. The maximum atomic E-state index is 13.4. The van der Waals surface area contributed by atoms with Gasteiger partial charge in [-0.3, -0.25) is 0 Å². The molecule has 3 nitrogen and oxygen atoms in total. The van der Waals surface area contributed by atoms with Crippen LogP contribution in [-0.2, 0) is 0 Å². The van der Waals surface area contributed by atoms with Crippen molar-refractivity contribution in [2.45, 2.75) is 0 Å². The first kappa shape index (κ1) is 11.4. The van der Waals surface area contributed by atoms with Gasteiger partial charge in [0.05, 0.1) is 11.6 Å². The molecule has 0 fully saturated rings. The highest BCUT2D eigenvalue weighted by Gasteiger charge is 2.04. The second-order valence-electron chi connectivity index (χ2n) is 3.28. The number of hydrogen-bond donors (Lipinski definition) is 1. The summed E-state index contributed by atoms with van der Waals surface area (Å²) in [5.74, 6) is -0.430. The van der Waals surface area contributed by atoms with Gasteiger partial charge >= 0.3 is 0 Å². The van der Waals surface area contributed by atoms with E-state index in [1.165, 1.54) is 12.1 Å². The van der Waals surface area contributed by atoms with Gasteiger partial charge in [-0.1, -0.05) is 11.6 Å². The summed E-state index contributed by atoms with van der Waals surface area (Å²) in [5.41, 5.74) is 1.17. The van der Waals surface area contributed by atoms with Gasteiger partial charge in [-0.15, -0.1) is 0 Å². The highest BCUT2D eigenvalue weighted by atomic mass is 35.5. The Bertz CT molecular complexity index is 575. The predicted molar refractivity (Wildman–Crippen MR) is 63.6 cm³/mol. The number of rotatable bonds is 2. The fourth-order valence-electron chi connectivity index (χ4n) is 1.27. The first-order valence-corrected chi connectivity index (χ1v) is 5.16. The molecule has 0 radical (unpaired) electrons. The zero-order valence-electron chi connectivity index (χ0n) is 8.61. The molecule has 0 amide bonds. The van der Waals surface area contributed by atoms with Gasteiger partial charge in [-0.25, -0.2) is 9.37 Å². The Hall–Kier alpha value is -2.12. The quantitative estimate of drug-likeness (QED) is 0.827. The molecule has 2 rings (SSSR count). The highest BCUT2D eigenvalue weighted by molar-refractivity contribution is 6.29. The Kier molecular flexibility index (Phi) is 3.22. The smallest absolute Gasteiger partial charge is 0.168 e. The highest BCUT2D eigenvalue weighted by Crippen LogP contribution is 2.20. The second kappa shape index (κ2) is 4.81. The van der Waals surface area contributed by atoms with Crippen molar-refractivity contribution in [3.63, 3.8) is 0 Å². The van der Waals surface area contributed by atoms with E-state index in [0.29, 0.717) is 11.3 Å². The molecule has 17 heavy (non-hydrogen) atoms. The van der Waals surface area contributed by atoms with Crippen molar-refractivity contribution in [3.8, 4) is 6.07 Å². The summed E-state index contributed by atoms with van der Waals surface area (Å²) in [5, 5.41) is 11.6. The zero-order chi connectivity index (χ0) is 12.3. The molecule has 84 valence electrons. The summed E-state index contributed by atoms with van der Waals surface area (Å²) < 4.78 is 13.4. The molecular formula is C12H7ClFN3. The number of nitrogens with one attached hydrogen (secondary N) is 1. The number of nitriles is 1. The van der Waals surface area contributed by atoms with E-state index in [4.69, 9.17) is 16.9 Å². The number of pyridine rings is 1. The van der Waals surface area contributed by atoms with Crippen molar-refractivity contribution in [2.24, 2.45) is 0 Å². The fraction of sp³-hybridized carbons (Fsp3) is 0. The number of aromatic nitrogens is 1. The second-order valence-corrected chi connectivity index (χ2v) is 3.67. The van der Waals surface area contributed by atoms with E-state index in [0.717, 1.165) is 0 Å². The summed E-state index contributed by atoms with van der Waals surface area (Å²) in [6.07, 6.45) is 0. The molecule has 1 heterocycles. The van der Waals surface area contributed by atoms with Crippen LogP contribution in [0.1, 0.15) is 5.56 Å². The normalized spacial score (nSPS) is 9.71. The molecule has 0 aliphatic rings. The molecule has 0 saturated carbocycles. The molecule has 0 unspecified atom stereocenters. The third-order valence-corrected chi connectivity index (χ3v) is 2.30. The Morgan fingerprint density at radius 2 is 1.88 bits per heavy atom. The number of halogens is 2. The molecule has 1 aromatic heterocycles. The molecule has 1 N–H and O–H groups in total. The minimum Gasteiger partial charge on any atom is -0.338 e. The van der Waals surface area contributed by atoms with Crippen LogP contribution in [0.4, 0.5) is 15.9 Å². The summed E-state index contributed by atoms with van der Waals surface area (Å²) in [7, 11) is 0. The lowest BCUT2D eigenvalue weighted by Gasteiger charge is -2.06. The molecule has 0 bridgehead atoms. The molecular weight excluding hydrogens is 241 g/mol. The molecule has 0 spiro atoms. The van der Waals surface area contributed by atoms with Crippen LogP contribution in [0.15, 0.2) is 36.4 Å². The minimum absolute atomic E-state index is 0.0576. The van der Waals surface area contributed by atoms with Crippen LogP contribution in [-0.4, -0.2) is 4.98 Å². The van der Waals surface area contributed by atoms with E-state index in [1.54, 1.807) is 24.3 Å². The van der Waals surface area contributed by atoms with E-state index in [1.807, 2.05) is 6.07 Å². The monoisotopic (exact) mass is 247 g/mol. The summed E-state index contributed by atoms with van der Waals surface area (Å²) in [6, 6.07) is 11.2. The first-order chi connectivity index (χ1) is 8.19. The molecule has 2 aromatic rings. The molecule has 0 atom stereocenters. The number of anilines is 2. The van der Waals surface area contributed by atoms with Crippen LogP contribution in [0.2, 0.25) is 5.15 Å². The standard InChI is InChI=1S/C12H7ClFN3/c13-11-6-5-10(14)12(17-11)16-9-3-1-8(7-15)2-4-9/h1-6H,(H,16,17). The largest absolute Gasteiger partial charge is 0.338 e. The van der Waals surface area contributed by atoms with Crippen molar-refractivity contribution in [2.75, 3.05) is 5.32 Å². The van der Waals surface area contributed by atoms with Crippen LogP contribution in [0.5, 0.6) is 0 Å². The van der Waals surface area contributed by atoms with Gasteiger partial charge in [0.15, 0.2) is 11.6 Å². The lowest BCUT2D eigenvalue weighted by molar-refractivity contribution is 0.626. The van der Waals surface area contributed by atoms with Crippen LogP contribution >= 0.6 is 11.6 Å². The fourth-order valence-corrected chi connectivity index (χ4v) is 1.42. The number of benzene rings is 1. The summed E-state index contributed by atoms with van der Waals surface area (Å²) in [4.78, 5) is 3.82. The van der Waals surface area contributed by atoms with E-state index in [-0.39, 0.29) is 11.0 Å². The summed E-state index contributed by atoms with van der Waals surface area (Å²) >= 11 is 5.67. The minimum atomic E-state index is -0.487. The van der Waals surface area contributed by atoms with Crippen LogP contribution in [0.25, 0.3) is 0 Å². The van der Waals surface area contributed by atoms with Gasteiger partial charge in [0, 0.05) is 5.69 Å². The lowest BCUT2D eigenvalue weighted by atomic mass is 10.2. The predicted octanol–water partition coefficient (Wildman–Crippen LogP) is 3.49. The van der Waals surface area contributed by atoms with E-state index < -0.39 is 5.82 Å². The average molecular weight is 248 g/mol. The SMILES string of the molecule is N#Cc1ccc(Nc2nc(Cl)ccc2F)cc1. The number of hydrogen-bond acceptors (Lipinski definition) is 3. The first-order valence-electron chi connectivity index (χ1n) is 4.78. The van der Waals surface area contributed by atoms with Gasteiger partial charge in [0.1, 0.15) is 5.15 Å². The van der Waals surface area contributed by atoms with Crippen LogP contribution < -0.4 is 5.32 Å². The maximum Gasteiger partial charge on any atom is 0.168 e. The molecule has 0 saturated heterocycles. The van der Waals surface area contributed by atoms with Gasteiger partial charge in [0.25, 0.3) is 0 Å². The Balaban J connectivity index is 2.25. The zero-order valence-corrected chi connectivity index (χ0v) is 9.37. The average Bonchev–Trinajstić information content (AvgIpc) is 2.35. The molecule has 0 aliphatic carbocycles. The van der Waals surface area contributed by atoms with Crippen molar-refractivity contribution >= 4 is 23.1 Å². The van der Waals surface area contributed by atoms with E-state index in [2.05, 4.69) is 10.3 Å². The van der Waals surface area contributed by atoms with Gasteiger partial charge < -0.3 is 5.32 Å². The van der Waals surface area contributed by atoms with Crippen LogP contribution in [0, 0.1) is 17.1 Å². The van der Waals surface area contributed by atoms with E-state index in [9.17, 15) is 4.39 Å². The Morgan fingerprint density at radius 1 is 1.18 bits per heavy atom. The summed E-state index contributed by atoms with van der Waals surface area (Å²) in [6.45, 7) is 0. The molecule has 1 aromatic carbocycles. The third-order valence-electron chi connectivity index (χ3n) is 2.09. The van der Waals surface area contributed by atoms with Crippen molar-refractivity contribution in [1.82, 2.24) is 4.98 Å². The van der Waals surface area contributed by atoms with Gasteiger partial charge in [-0.05, 0) is 36.4 Å². The van der Waals surface area contributed by atoms with Crippen molar-refractivity contribution in [1.29, 1.82) is 5.26 Å². The van der Waals surface area contributed by atoms with Crippen molar-refractivity contribution < 1.29 is 4.39 Å². The van der Waals surface area contributed by atoms with E-state index >= 15 is 0 Å². The Labute approximate surface area is 102 Å². The third kappa shape index (κ3) is 2.71. The van der Waals surface area contributed by atoms with Crippen molar-refractivity contribution in [3.05, 3.63) is 52.9 Å². The topological polar surface area (TPSA) is 48.7 Å². The molecule has 5 heteroatoms. The van der Waals surface area contributed by atoms with Gasteiger partial charge in [-0.2, -0.15) is 5.26 Å². The van der Waals surface area contributed by atoms with Gasteiger partial charge in [0.2, 0.25) is 0 Å². The number of nitrogens with zero attached hydrogens (tertiary/aromatic N) is 2. The lowest BCUT2D eigenvalue weighted by Crippen LogP contribution is -1.97. The molecule has 0 aliphatic heterocycles. The Morgan fingerprint density at radius 3 is 2.53 bits per heavy atom.